The van der Waals surface area contributed by atoms with Crippen molar-refractivity contribution in [2.45, 2.75) is 18.9 Å². The van der Waals surface area contributed by atoms with Crippen LogP contribution in [0.25, 0.3) is 10.2 Å². The molecule has 1 amide bonds. The van der Waals surface area contributed by atoms with E-state index in [1.165, 1.54) is 0 Å². The maximum absolute atomic E-state index is 11.3. The van der Waals surface area contributed by atoms with Crippen molar-refractivity contribution >= 4 is 33.3 Å². The maximum Gasteiger partial charge on any atom is 0.246 e. The lowest BCUT2D eigenvalue weighted by Gasteiger charge is -2.33. The third kappa shape index (κ3) is 2.16. The summed E-state index contributed by atoms with van der Waals surface area (Å²) < 4.78 is 6.94. The summed E-state index contributed by atoms with van der Waals surface area (Å²) in [6, 6.07) is 2.03. The van der Waals surface area contributed by atoms with E-state index < -0.39 is 0 Å². The average Bonchev–Trinajstić information content (AvgIpc) is 3.09. The molecule has 1 spiro atoms. The smallest absolute Gasteiger partial charge is 0.246 e. The number of hydrogen-bond donors (Lipinski definition) is 1. The Morgan fingerprint density at radius 2 is 2.38 bits per heavy atom. The highest BCUT2D eigenvalue weighted by molar-refractivity contribution is 7.17. The van der Waals surface area contributed by atoms with Crippen LogP contribution in [0.4, 0.5) is 5.82 Å². The van der Waals surface area contributed by atoms with E-state index in [-0.39, 0.29) is 18.1 Å². The molecule has 0 bridgehead atoms. The second-order valence-electron chi connectivity index (χ2n) is 5.65. The lowest BCUT2D eigenvalue weighted by atomic mass is 10.0. The van der Waals surface area contributed by atoms with Crippen LogP contribution in [0.3, 0.4) is 0 Å². The van der Waals surface area contributed by atoms with Crippen molar-refractivity contribution in [3.63, 3.8) is 0 Å². The monoisotopic (exact) mass is 304 g/mol. The molecular formula is C14H16N4O2S. The lowest BCUT2D eigenvalue weighted by molar-refractivity contribution is -0.141. The van der Waals surface area contributed by atoms with Crippen LogP contribution in [0.5, 0.6) is 0 Å². The molecule has 0 aliphatic carbocycles. The Bertz CT molecular complexity index is 704. The van der Waals surface area contributed by atoms with Crippen LogP contribution in [0.1, 0.15) is 12.2 Å². The Morgan fingerprint density at radius 3 is 3.19 bits per heavy atom. The molecule has 110 valence electrons. The molecule has 4 rings (SSSR count). The quantitative estimate of drug-likeness (QED) is 0.854. The molecule has 1 unspecified atom stereocenters. The van der Waals surface area contributed by atoms with Gasteiger partial charge in [-0.25, -0.2) is 9.97 Å². The van der Waals surface area contributed by atoms with Crippen molar-refractivity contribution in [1.82, 2.24) is 15.3 Å². The van der Waals surface area contributed by atoms with E-state index in [1.807, 2.05) is 18.4 Å². The highest BCUT2D eigenvalue weighted by Crippen LogP contribution is 2.35. The number of rotatable bonds is 1. The first-order valence-electron chi connectivity index (χ1n) is 7.03. The summed E-state index contributed by atoms with van der Waals surface area (Å²) in [5.74, 6) is 1.75. The van der Waals surface area contributed by atoms with Gasteiger partial charge in [-0.1, -0.05) is 0 Å². The average molecular weight is 304 g/mol. The molecular weight excluding hydrogens is 288 g/mol. The minimum absolute atomic E-state index is 0.0300. The van der Waals surface area contributed by atoms with Crippen molar-refractivity contribution < 1.29 is 9.53 Å². The van der Waals surface area contributed by atoms with Crippen LogP contribution < -0.4 is 10.2 Å². The Balaban J connectivity index is 1.65. The molecule has 0 saturated carbocycles. The number of amides is 1. The van der Waals surface area contributed by atoms with Gasteiger partial charge in [0.25, 0.3) is 0 Å². The zero-order chi connectivity index (χ0) is 14.4. The Morgan fingerprint density at radius 1 is 1.48 bits per heavy atom. The van der Waals surface area contributed by atoms with Crippen LogP contribution in [-0.2, 0) is 9.53 Å². The number of carbonyl (C=O) groups excluding carboxylic acids is 1. The second-order valence-corrected chi connectivity index (χ2v) is 6.57. The number of aromatic nitrogens is 2. The third-order valence-electron chi connectivity index (χ3n) is 4.13. The molecule has 2 aromatic rings. The summed E-state index contributed by atoms with van der Waals surface area (Å²) in [6.45, 7) is 4.31. The normalized spacial score (nSPS) is 25.8. The van der Waals surface area contributed by atoms with Gasteiger partial charge < -0.3 is 15.0 Å². The van der Waals surface area contributed by atoms with Gasteiger partial charge in [-0.2, -0.15) is 0 Å². The second kappa shape index (κ2) is 4.64. The number of fused-ring (bicyclic) bond motifs is 1. The number of morpholine rings is 1. The lowest BCUT2D eigenvalue weighted by Crippen LogP contribution is -2.53. The van der Waals surface area contributed by atoms with Crippen LogP contribution >= 0.6 is 11.3 Å². The van der Waals surface area contributed by atoms with Crippen molar-refractivity contribution in [3.05, 3.63) is 17.3 Å². The minimum Gasteiger partial charge on any atom is -0.361 e. The fourth-order valence-electron chi connectivity index (χ4n) is 3.04. The number of nitrogens with one attached hydrogen (secondary N) is 1. The summed E-state index contributed by atoms with van der Waals surface area (Å²) in [6.07, 6.45) is 0.906. The summed E-state index contributed by atoms with van der Waals surface area (Å²) in [5, 5.41) is 4.96. The molecule has 7 heteroatoms. The van der Waals surface area contributed by atoms with E-state index in [4.69, 9.17) is 4.74 Å². The first kappa shape index (κ1) is 13.0. The third-order valence-corrected chi connectivity index (χ3v) is 5.03. The molecule has 2 aromatic heterocycles. The van der Waals surface area contributed by atoms with E-state index in [2.05, 4.69) is 20.2 Å². The number of carbonyl (C=O) groups is 1. The summed E-state index contributed by atoms with van der Waals surface area (Å²) in [4.78, 5) is 22.6. The zero-order valence-corrected chi connectivity index (χ0v) is 12.6. The zero-order valence-electron chi connectivity index (χ0n) is 11.8. The Labute approximate surface area is 126 Å². The standard InChI is InChI=1S/C14H16N4O2S/c1-9-16-10-2-5-21-12(10)13(17-9)18-4-3-14(8-18)7-15-11(19)6-20-14/h2,5H,3-4,6-8H2,1H3,(H,15,19). The summed E-state index contributed by atoms with van der Waals surface area (Å²) in [7, 11) is 0. The molecule has 2 aliphatic rings. The van der Waals surface area contributed by atoms with Gasteiger partial charge in [0, 0.05) is 13.1 Å². The van der Waals surface area contributed by atoms with Crippen molar-refractivity contribution in [2.75, 3.05) is 31.1 Å². The van der Waals surface area contributed by atoms with Crippen molar-refractivity contribution in [3.8, 4) is 0 Å². The predicted molar refractivity (Wildman–Crippen MR) is 80.7 cm³/mol. The molecule has 2 saturated heterocycles. The first-order valence-corrected chi connectivity index (χ1v) is 7.91. The van der Waals surface area contributed by atoms with Crippen molar-refractivity contribution in [1.29, 1.82) is 0 Å². The number of thiophene rings is 1. The van der Waals surface area contributed by atoms with Crippen LogP contribution in [0.2, 0.25) is 0 Å². The highest BCUT2D eigenvalue weighted by Gasteiger charge is 2.43. The fraction of sp³-hybridized carbons (Fsp3) is 0.500. The molecule has 4 heterocycles. The molecule has 1 N–H and O–H groups in total. The van der Waals surface area contributed by atoms with Crippen molar-refractivity contribution in [2.24, 2.45) is 0 Å². The number of hydrogen-bond acceptors (Lipinski definition) is 6. The molecule has 2 fully saturated rings. The van der Waals surface area contributed by atoms with Gasteiger partial charge in [-0.15, -0.1) is 11.3 Å². The topological polar surface area (TPSA) is 67.4 Å². The molecule has 0 radical (unpaired) electrons. The largest absolute Gasteiger partial charge is 0.361 e. The van der Waals surface area contributed by atoms with Crippen LogP contribution in [0, 0.1) is 6.92 Å². The van der Waals surface area contributed by atoms with Gasteiger partial charge in [0.1, 0.15) is 23.9 Å². The van der Waals surface area contributed by atoms with E-state index in [0.717, 1.165) is 41.4 Å². The van der Waals surface area contributed by atoms with Gasteiger partial charge in [-0.05, 0) is 24.8 Å². The molecule has 2 aliphatic heterocycles. The fourth-order valence-corrected chi connectivity index (χ4v) is 3.89. The van der Waals surface area contributed by atoms with Crippen LogP contribution in [0.15, 0.2) is 11.4 Å². The van der Waals surface area contributed by atoms with Gasteiger partial charge in [-0.3, -0.25) is 4.79 Å². The highest BCUT2D eigenvalue weighted by atomic mass is 32.1. The SMILES string of the molecule is Cc1nc(N2CCC3(CNC(=O)CO3)C2)c2sccc2n1. The van der Waals surface area contributed by atoms with E-state index in [9.17, 15) is 4.79 Å². The number of aryl methyl sites for hydroxylation is 1. The molecule has 6 nitrogen and oxygen atoms in total. The first-order chi connectivity index (χ1) is 10.2. The molecule has 1 atom stereocenters. The Kier molecular flexibility index (Phi) is 2.87. The number of nitrogens with zero attached hydrogens (tertiary/aromatic N) is 3. The Hall–Kier alpha value is -1.73. The van der Waals surface area contributed by atoms with Crippen LogP contribution in [-0.4, -0.2) is 47.7 Å². The van der Waals surface area contributed by atoms with Gasteiger partial charge in [0.2, 0.25) is 5.91 Å². The predicted octanol–water partition coefficient (Wildman–Crippen LogP) is 1.10. The number of anilines is 1. The minimum atomic E-state index is -0.268. The van der Waals surface area contributed by atoms with E-state index in [1.54, 1.807) is 11.3 Å². The summed E-state index contributed by atoms with van der Waals surface area (Å²) >= 11 is 1.67. The molecule has 21 heavy (non-hydrogen) atoms. The van der Waals surface area contributed by atoms with Gasteiger partial charge in [0.05, 0.1) is 16.8 Å². The number of ether oxygens (including phenoxy) is 1. The van der Waals surface area contributed by atoms with Gasteiger partial charge >= 0.3 is 0 Å². The molecule has 0 aromatic carbocycles. The van der Waals surface area contributed by atoms with Gasteiger partial charge in [0.15, 0.2) is 0 Å². The summed E-state index contributed by atoms with van der Waals surface area (Å²) in [5.41, 5.74) is 0.734. The van der Waals surface area contributed by atoms with E-state index in [0.29, 0.717) is 6.54 Å². The maximum atomic E-state index is 11.3. The van der Waals surface area contributed by atoms with E-state index >= 15 is 0 Å².